The van der Waals surface area contributed by atoms with E-state index in [0.717, 1.165) is 12.0 Å². The Hall–Kier alpha value is -2.60. The third kappa shape index (κ3) is 2.60. The average molecular weight is 318 g/mol. The van der Waals surface area contributed by atoms with Gasteiger partial charge in [0, 0.05) is 12.3 Å². The first-order valence-corrected chi connectivity index (χ1v) is 7.04. The van der Waals surface area contributed by atoms with Crippen LogP contribution in [-0.4, -0.2) is 15.0 Å². The number of aromatic nitrogens is 3. The van der Waals surface area contributed by atoms with Crippen molar-refractivity contribution in [3.05, 3.63) is 61.8 Å². The molecule has 0 atom stereocenters. The summed E-state index contributed by atoms with van der Waals surface area (Å²) in [5, 5.41) is 0.564. The number of benzene rings is 1. The fourth-order valence-corrected chi connectivity index (χ4v) is 2.34. The summed E-state index contributed by atoms with van der Waals surface area (Å²) in [6.45, 7) is 1.98. The maximum absolute atomic E-state index is 11.5. The fourth-order valence-electron chi connectivity index (χ4n) is 2.07. The number of fused-ring (bicyclic) bond motifs is 1. The molecule has 3 rings (SSSR count). The second-order valence-corrected chi connectivity index (χ2v) is 5.06. The molecule has 0 bridgehead atoms. The average Bonchev–Trinajstić information content (AvgIpc) is 2.49. The first-order chi connectivity index (χ1) is 10.6. The smallest absolute Gasteiger partial charge is 0.314 e. The molecule has 0 aliphatic carbocycles. The Morgan fingerprint density at radius 2 is 2.00 bits per heavy atom. The minimum Gasteiger partial charge on any atom is -0.437 e. The molecule has 7 heteroatoms. The summed E-state index contributed by atoms with van der Waals surface area (Å²) < 4.78 is 5.68. The Morgan fingerprint density at radius 1 is 1.23 bits per heavy atom. The van der Waals surface area contributed by atoms with Gasteiger partial charge >= 0.3 is 11.1 Å². The quantitative estimate of drug-likeness (QED) is 0.727. The predicted octanol–water partition coefficient (Wildman–Crippen LogP) is 2.62. The molecule has 6 nitrogen and oxygen atoms in total. The number of pyridine rings is 1. The van der Waals surface area contributed by atoms with E-state index in [4.69, 9.17) is 16.3 Å². The Kier molecular flexibility index (Phi) is 3.68. The van der Waals surface area contributed by atoms with Crippen LogP contribution in [-0.2, 0) is 6.42 Å². The van der Waals surface area contributed by atoms with Gasteiger partial charge in [-0.05, 0) is 24.1 Å². The van der Waals surface area contributed by atoms with Crippen molar-refractivity contribution in [2.24, 2.45) is 0 Å². The van der Waals surface area contributed by atoms with Crippen molar-refractivity contribution in [2.45, 2.75) is 13.3 Å². The number of halogens is 1. The Labute approximate surface area is 129 Å². The third-order valence-corrected chi connectivity index (χ3v) is 3.57. The molecule has 2 N–H and O–H groups in total. The molecule has 0 saturated carbocycles. The minimum atomic E-state index is -0.740. The first kappa shape index (κ1) is 14.3. The number of aryl methyl sites for hydroxylation is 1. The summed E-state index contributed by atoms with van der Waals surface area (Å²) in [4.78, 5) is 32.0. The Morgan fingerprint density at radius 3 is 2.73 bits per heavy atom. The number of aromatic amines is 2. The van der Waals surface area contributed by atoms with Crippen LogP contribution < -0.4 is 15.9 Å². The van der Waals surface area contributed by atoms with Crippen LogP contribution in [0.5, 0.6) is 11.6 Å². The minimum absolute atomic E-state index is 0.307. The van der Waals surface area contributed by atoms with Crippen LogP contribution in [0, 0.1) is 0 Å². The van der Waals surface area contributed by atoms with Crippen molar-refractivity contribution in [3.8, 4) is 11.6 Å². The monoisotopic (exact) mass is 317 g/mol. The maximum atomic E-state index is 11.5. The van der Waals surface area contributed by atoms with Crippen molar-refractivity contribution < 1.29 is 4.74 Å². The Balaban J connectivity index is 2.07. The van der Waals surface area contributed by atoms with E-state index in [1.54, 1.807) is 30.5 Å². The molecular formula is C15H12ClN3O3. The second-order valence-electron chi connectivity index (χ2n) is 4.66. The molecule has 2 heterocycles. The van der Waals surface area contributed by atoms with E-state index >= 15 is 0 Å². The van der Waals surface area contributed by atoms with Crippen LogP contribution in [0.15, 0.2) is 40.1 Å². The van der Waals surface area contributed by atoms with Crippen molar-refractivity contribution >= 4 is 22.6 Å². The van der Waals surface area contributed by atoms with Gasteiger partial charge in [0.2, 0.25) is 5.88 Å². The van der Waals surface area contributed by atoms with Crippen LogP contribution in [0.3, 0.4) is 0 Å². The molecule has 0 spiro atoms. The van der Waals surface area contributed by atoms with E-state index in [2.05, 4.69) is 15.0 Å². The fraction of sp³-hybridized carbons (Fsp3) is 0.133. The number of para-hydroxylation sites is 1. The van der Waals surface area contributed by atoms with Crippen LogP contribution >= 0.6 is 11.6 Å². The van der Waals surface area contributed by atoms with Gasteiger partial charge in [0.1, 0.15) is 5.52 Å². The molecule has 2 aromatic heterocycles. The van der Waals surface area contributed by atoms with Gasteiger partial charge in [0.05, 0.1) is 10.5 Å². The van der Waals surface area contributed by atoms with Crippen LogP contribution in [0.1, 0.15) is 12.5 Å². The zero-order valence-corrected chi connectivity index (χ0v) is 12.4. The lowest BCUT2D eigenvalue weighted by molar-refractivity contribution is 0.466. The van der Waals surface area contributed by atoms with E-state index in [1.165, 1.54) is 0 Å². The summed E-state index contributed by atoms with van der Waals surface area (Å²) in [5.41, 5.74) is 0.335. The highest BCUT2D eigenvalue weighted by Crippen LogP contribution is 2.28. The molecule has 0 unspecified atom stereocenters. The van der Waals surface area contributed by atoms with E-state index in [-0.39, 0.29) is 0 Å². The van der Waals surface area contributed by atoms with E-state index in [9.17, 15) is 9.59 Å². The lowest BCUT2D eigenvalue weighted by Crippen LogP contribution is -2.28. The van der Waals surface area contributed by atoms with Crippen molar-refractivity contribution in [3.63, 3.8) is 0 Å². The van der Waals surface area contributed by atoms with Crippen molar-refractivity contribution in [1.29, 1.82) is 0 Å². The first-order valence-electron chi connectivity index (χ1n) is 6.66. The lowest BCUT2D eigenvalue weighted by atomic mass is 10.2. The highest BCUT2D eigenvalue weighted by Gasteiger charge is 2.09. The molecule has 1 aromatic carbocycles. The van der Waals surface area contributed by atoms with Gasteiger partial charge in [-0.15, -0.1) is 0 Å². The highest BCUT2D eigenvalue weighted by atomic mass is 35.5. The van der Waals surface area contributed by atoms with Crippen LogP contribution in [0.25, 0.3) is 11.0 Å². The van der Waals surface area contributed by atoms with E-state index < -0.39 is 11.1 Å². The molecule has 0 fully saturated rings. The molecule has 0 saturated heterocycles. The van der Waals surface area contributed by atoms with Crippen LogP contribution in [0.4, 0.5) is 0 Å². The largest absolute Gasteiger partial charge is 0.437 e. The molecule has 0 aliphatic heterocycles. The number of rotatable bonds is 3. The SMILES string of the molecule is CCc1cnc(Oc2cccc3[nH]c(=O)c(=O)[nH]c23)cc1Cl. The van der Waals surface area contributed by atoms with Gasteiger partial charge < -0.3 is 14.7 Å². The number of nitrogens with one attached hydrogen (secondary N) is 2. The van der Waals surface area contributed by atoms with Gasteiger partial charge in [-0.2, -0.15) is 0 Å². The zero-order chi connectivity index (χ0) is 15.7. The van der Waals surface area contributed by atoms with Crippen molar-refractivity contribution in [1.82, 2.24) is 15.0 Å². The number of ether oxygens (including phenoxy) is 1. The van der Waals surface area contributed by atoms with Gasteiger partial charge in [-0.3, -0.25) is 9.59 Å². The standard InChI is InChI=1S/C15H12ClN3O3/c1-2-8-7-17-12(6-9(8)16)22-11-5-3-4-10-13(11)19-15(21)14(20)18-10/h3-7H,2H2,1H3,(H,18,20)(H,19,21). The third-order valence-electron chi connectivity index (χ3n) is 3.22. The number of nitrogens with zero attached hydrogens (tertiary/aromatic N) is 1. The van der Waals surface area contributed by atoms with Gasteiger partial charge in [0.15, 0.2) is 5.75 Å². The summed E-state index contributed by atoms with van der Waals surface area (Å²) in [7, 11) is 0. The zero-order valence-electron chi connectivity index (χ0n) is 11.6. The van der Waals surface area contributed by atoms with E-state index in [0.29, 0.717) is 27.7 Å². The molecule has 0 amide bonds. The number of H-pyrrole nitrogens is 2. The molecule has 0 radical (unpaired) electrons. The summed E-state index contributed by atoms with van der Waals surface area (Å²) in [6.07, 6.45) is 2.42. The molecule has 22 heavy (non-hydrogen) atoms. The van der Waals surface area contributed by atoms with Gasteiger partial charge in [-0.25, -0.2) is 4.98 Å². The summed E-state index contributed by atoms with van der Waals surface area (Å²) >= 11 is 6.13. The maximum Gasteiger partial charge on any atom is 0.314 e. The topological polar surface area (TPSA) is 87.8 Å². The summed E-state index contributed by atoms with van der Waals surface area (Å²) in [5.74, 6) is 0.681. The number of hydrogen-bond donors (Lipinski definition) is 2. The molecule has 0 aliphatic rings. The number of hydrogen-bond acceptors (Lipinski definition) is 4. The normalized spacial score (nSPS) is 10.8. The van der Waals surface area contributed by atoms with Gasteiger partial charge in [-0.1, -0.05) is 24.6 Å². The van der Waals surface area contributed by atoms with Gasteiger partial charge in [0.25, 0.3) is 0 Å². The molecular weight excluding hydrogens is 306 g/mol. The molecule has 3 aromatic rings. The predicted molar refractivity (Wildman–Crippen MR) is 83.9 cm³/mol. The summed E-state index contributed by atoms with van der Waals surface area (Å²) in [6, 6.07) is 6.65. The lowest BCUT2D eigenvalue weighted by Gasteiger charge is -2.09. The van der Waals surface area contributed by atoms with Crippen LogP contribution in [0.2, 0.25) is 5.02 Å². The Bertz CT molecular complexity index is 962. The van der Waals surface area contributed by atoms with Crippen molar-refractivity contribution in [2.75, 3.05) is 0 Å². The highest BCUT2D eigenvalue weighted by molar-refractivity contribution is 6.31. The second kappa shape index (κ2) is 5.65. The molecule has 112 valence electrons. The van der Waals surface area contributed by atoms with E-state index in [1.807, 2.05) is 6.92 Å².